The first-order chi connectivity index (χ1) is 59.1. The molecule has 0 unspecified atom stereocenters. The van der Waals surface area contributed by atoms with Crippen molar-refractivity contribution in [2.24, 2.45) is 11.7 Å². The predicted octanol–water partition coefficient (Wildman–Crippen LogP) is -2.25. The molecule has 3 aliphatic heterocycles. The molecule has 14 atom stereocenters. The summed E-state index contributed by atoms with van der Waals surface area (Å²) in [5.74, 6) is -12.2. The number of ketones is 1. The second-order valence-electron chi connectivity index (χ2n) is 30.6. The summed E-state index contributed by atoms with van der Waals surface area (Å²) in [5.41, 5.74) is 7.17. The molecule has 0 spiro atoms. The average Bonchev–Trinajstić information content (AvgIpc) is 1.68. The lowest BCUT2D eigenvalue weighted by atomic mass is 10.00. The number of carbonyl (C=O) groups excluding carboxylic acids is 13. The van der Waals surface area contributed by atoms with E-state index in [-0.39, 0.29) is 121 Å². The van der Waals surface area contributed by atoms with Gasteiger partial charge in [0.1, 0.15) is 60.2 Å². The molecule has 0 radical (unpaired) electrons. The number of nitrogens with one attached hydrogen (secondary N) is 13. The molecule has 3 aliphatic rings. The van der Waals surface area contributed by atoms with Crippen LogP contribution in [-0.2, 0) is 113 Å². The highest BCUT2D eigenvalue weighted by Gasteiger charge is 2.43. The summed E-state index contributed by atoms with van der Waals surface area (Å²) in [4.78, 5) is 194. The molecule has 3 saturated heterocycles. The number of hydrogen-bond donors (Lipinski definition) is 18. The number of carbonyl (C=O) groups is 14. The van der Waals surface area contributed by atoms with Crippen molar-refractivity contribution in [3.63, 3.8) is 0 Å². The lowest BCUT2D eigenvalue weighted by Gasteiger charge is -2.29. The molecule has 19 N–H and O–H groups in total. The van der Waals surface area contributed by atoms with Crippen LogP contribution in [0, 0.1) is 5.92 Å². The van der Waals surface area contributed by atoms with E-state index in [1.165, 1.54) is 0 Å². The summed E-state index contributed by atoms with van der Waals surface area (Å²) in [6.45, 7) is 9.11. The van der Waals surface area contributed by atoms with Gasteiger partial charge in [-0.3, -0.25) is 62.3 Å². The molecule has 4 heterocycles. The van der Waals surface area contributed by atoms with Gasteiger partial charge >= 0.3 is 12.0 Å². The number of aliphatic carboxylic acids is 1. The SMILES string of the molecule is CC(C)C[C@@H]1NC(=O)[C@H](CCC(N)=O)NC(=O)[C@H](Cc2ccccc2)NC(=O)[C@H](Cc2c[nH]c3ccccc23)NC(=O)[C@H]([C@@H](C)O)NC(=O)[C@H]([C@@H](C)O)NC(=O)[C@H](CC(=O)O)NC(=O)[C@H](CO)NC(=O)[C@@H](NC(=O)CCOCCOCCOCCOCCOCCOCCOCCOCCCC(=O)CCCC[C@@H]2SC[C@@H]3NC(=O)N[C@@H]32)CCCCNC1=O. The molecule has 3 aromatic rings. The number of Topliss-reactive ketones (excluding diaryl/α,β-unsaturated/α-hetero) is 1. The minimum absolute atomic E-state index is 0.0562. The van der Waals surface area contributed by atoms with Gasteiger partial charge in [-0.25, -0.2) is 4.79 Å². The molecule has 686 valence electrons. The van der Waals surface area contributed by atoms with Gasteiger partial charge in [-0.15, -0.1) is 0 Å². The van der Waals surface area contributed by atoms with Crippen molar-refractivity contribution < 1.29 is 125 Å². The number of ether oxygens (including phenoxy) is 8. The number of carboxylic acid groups (broad SMARTS) is 1. The number of aliphatic hydroxyl groups is 3. The Kier molecular flexibility index (Phi) is 47.5. The maximum Gasteiger partial charge on any atom is 0.315 e. The number of thioether (sulfide) groups is 1. The Morgan fingerprint density at radius 1 is 0.496 bits per heavy atom. The van der Waals surface area contributed by atoms with Gasteiger partial charge in [-0.2, -0.15) is 11.8 Å². The number of rotatable bonds is 48. The average molecular weight is 1760 g/mol. The van der Waals surface area contributed by atoms with Gasteiger partial charge in [-0.1, -0.05) is 68.8 Å². The number of unbranched alkanes of at least 4 members (excludes halogenated alkanes) is 1. The van der Waals surface area contributed by atoms with Crippen LogP contribution in [0.4, 0.5) is 4.79 Å². The Morgan fingerprint density at radius 3 is 1.58 bits per heavy atom. The van der Waals surface area contributed by atoms with Crippen molar-refractivity contribution in [2.75, 3.05) is 125 Å². The Balaban J connectivity index is 0.986. The number of para-hydroxylation sites is 1. The van der Waals surface area contributed by atoms with Crippen LogP contribution in [0.5, 0.6) is 0 Å². The van der Waals surface area contributed by atoms with E-state index in [2.05, 4.69) is 68.8 Å². The number of carboxylic acids is 1. The lowest BCUT2D eigenvalue weighted by molar-refractivity contribution is -0.142. The third-order valence-corrected chi connectivity index (χ3v) is 21.6. The van der Waals surface area contributed by atoms with Crippen LogP contribution in [0.3, 0.4) is 0 Å². The largest absolute Gasteiger partial charge is 0.481 e. The molecule has 13 amide bonds. The van der Waals surface area contributed by atoms with Crippen LogP contribution in [0.2, 0.25) is 0 Å². The van der Waals surface area contributed by atoms with Gasteiger partial charge in [0, 0.05) is 79.8 Å². The number of fused-ring (bicyclic) bond motifs is 2. The van der Waals surface area contributed by atoms with E-state index in [0.29, 0.717) is 119 Å². The zero-order chi connectivity index (χ0) is 89.4. The number of H-pyrrole nitrogens is 1. The van der Waals surface area contributed by atoms with E-state index in [4.69, 9.17) is 43.6 Å². The van der Waals surface area contributed by atoms with Crippen LogP contribution in [0.25, 0.3) is 10.9 Å². The summed E-state index contributed by atoms with van der Waals surface area (Å²) >= 11 is 1.88. The van der Waals surface area contributed by atoms with Gasteiger partial charge in [0.2, 0.25) is 65.0 Å². The first kappa shape index (κ1) is 102. The molecule has 2 aromatic carbocycles. The molecule has 0 saturated carbocycles. The zero-order valence-corrected chi connectivity index (χ0v) is 71.3. The highest BCUT2D eigenvalue weighted by molar-refractivity contribution is 8.00. The summed E-state index contributed by atoms with van der Waals surface area (Å²) in [5, 5.41) is 74.3. The number of primary amides is 1. The van der Waals surface area contributed by atoms with Crippen LogP contribution in [0.15, 0.2) is 60.8 Å². The topological polar surface area (TPSA) is 580 Å². The van der Waals surface area contributed by atoms with E-state index >= 15 is 0 Å². The van der Waals surface area contributed by atoms with E-state index in [1.54, 1.807) is 74.6 Å². The molecular weight excluding hydrogens is 1630 g/mol. The molecule has 0 aliphatic carbocycles. The summed E-state index contributed by atoms with van der Waals surface area (Å²) in [6.07, 6.45) is -0.307. The van der Waals surface area contributed by atoms with Crippen LogP contribution >= 0.6 is 11.8 Å². The van der Waals surface area contributed by atoms with Crippen molar-refractivity contribution in [3.05, 3.63) is 71.9 Å². The van der Waals surface area contributed by atoms with Gasteiger partial charge in [0.25, 0.3) is 0 Å². The smallest absolute Gasteiger partial charge is 0.315 e. The second-order valence-corrected chi connectivity index (χ2v) is 31.8. The molecule has 3 fully saturated rings. The van der Waals surface area contributed by atoms with Crippen molar-refractivity contribution in [1.29, 1.82) is 0 Å². The minimum atomic E-state index is -2.10. The second kappa shape index (κ2) is 57.1. The first-order valence-electron chi connectivity index (χ1n) is 42.0. The van der Waals surface area contributed by atoms with Crippen molar-refractivity contribution in [1.82, 2.24) is 68.8 Å². The third-order valence-electron chi connectivity index (χ3n) is 20.1. The molecule has 41 heteroatoms. The number of aromatic amines is 1. The summed E-state index contributed by atoms with van der Waals surface area (Å²) < 4.78 is 44.5. The summed E-state index contributed by atoms with van der Waals surface area (Å²) in [6, 6.07) is 0.000324. The maximum atomic E-state index is 14.9. The van der Waals surface area contributed by atoms with Gasteiger partial charge < -0.3 is 133 Å². The van der Waals surface area contributed by atoms with Gasteiger partial charge in [0.05, 0.1) is 136 Å². The normalized spacial score (nSPS) is 23.3. The van der Waals surface area contributed by atoms with Crippen molar-refractivity contribution in [2.45, 2.75) is 214 Å². The Hall–Kier alpha value is -9.53. The summed E-state index contributed by atoms with van der Waals surface area (Å²) in [7, 11) is 0. The number of hydrogen-bond acceptors (Lipinski definition) is 26. The Labute approximate surface area is 719 Å². The highest BCUT2D eigenvalue weighted by atomic mass is 32.2. The van der Waals surface area contributed by atoms with Crippen molar-refractivity contribution >= 4 is 105 Å². The Bertz CT molecular complexity index is 3830. The van der Waals surface area contributed by atoms with Crippen LogP contribution in [-0.4, -0.2) is 317 Å². The minimum Gasteiger partial charge on any atom is -0.481 e. The molecule has 6 rings (SSSR count). The maximum absolute atomic E-state index is 14.9. The number of benzene rings is 2. The number of amides is 13. The van der Waals surface area contributed by atoms with Crippen molar-refractivity contribution in [3.8, 4) is 0 Å². The number of urea groups is 1. The fourth-order valence-corrected chi connectivity index (χ4v) is 15.1. The quantitative estimate of drug-likeness (QED) is 0.0210. The van der Waals surface area contributed by atoms with Gasteiger partial charge in [-0.05, 0) is 88.3 Å². The molecule has 1 aromatic heterocycles. The highest BCUT2D eigenvalue weighted by Crippen LogP contribution is 2.33. The predicted molar refractivity (Wildman–Crippen MR) is 446 cm³/mol. The number of aromatic nitrogens is 1. The van der Waals surface area contributed by atoms with Crippen LogP contribution < -0.4 is 69.5 Å². The fraction of sp³-hybridized carbons (Fsp3) is 0.659. The van der Waals surface area contributed by atoms with E-state index < -0.39 is 157 Å². The third kappa shape index (κ3) is 39.1. The number of nitrogens with two attached hydrogens (primary N) is 1. The number of aliphatic hydroxyl groups excluding tert-OH is 3. The monoisotopic (exact) mass is 1750 g/mol. The van der Waals surface area contributed by atoms with E-state index in [1.807, 2.05) is 11.8 Å². The standard InChI is InChI=1S/C82H126N14O26S/c1-50(2)43-60-73(105)84-26-13-12-21-58(86-68(102)25-28-116-30-32-118-34-36-120-38-40-122-42-41-121-39-37-119-35-33-117-31-29-115-27-14-18-55(100)17-8-11-22-66-72-65(49-123-66)93-82(114)96-72)74(106)92-64(48-97)79(111)90-63(46-69(103)104)78(110)94-71(52(4)99)81(113)95-70(51(3)98)80(112)91-62(45-54-47-85-57-20-10-9-19-56(54)57)77(109)89-61(44-53-15-6-5-7-16-53)76(108)87-59(75(107)88-60)23-24-67(83)101/h5-7,9-10,15-16,19-20,47,50-52,58-66,70-72,85,97-99H,8,11-14,17-18,21-46,48-49H2,1-4H3,(H2,83,101)(H,84,105)(H,86,102)(H,87,108)(H,88,107)(H,89,109)(H,90,111)(H,91,112)(H,92,106)(H,94,110)(H,95,113)(H,103,104)(H2,93,96,114)/t51-,52-,58+,59+,60+,61+,62+,63+,64+,65+,66+,70+,71+,72+/m1/s1. The van der Waals surface area contributed by atoms with Gasteiger partial charge in [0.15, 0.2) is 0 Å². The molecular formula is C82H126N14O26S. The zero-order valence-electron chi connectivity index (χ0n) is 70.4. The molecule has 123 heavy (non-hydrogen) atoms. The first-order valence-corrected chi connectivity index (χ1v) is 43.0. The van der Waals surface area contributed by atoms with E-state index in [9.17, 15) is 87.5 Å². The molecule has 40 nitrogen and oxygen atoms in total. The van der Waals surface area contributed by atoms with E-state index in [0.717, 1.165) is 38.9 Å². The molecule has 0 bridgehead atoms. The van der Waals surface area contributed by atoms with Crippen LogP contribution in [0.1, 0.15) is 129 Å². The lowest BCUT2D eigenvalue weighted by Crippen LogP contribution is -2.64. The fourth-order valence-electron chi connectivity index (χ4n) is 13.5. The Morgan fingerprint density at radius 2 is 0.992 bits per heavy atom.